The van der Waals surface area contributed by atoms with Gasteiger partial charge in [-0.25, -0.2) is 4.79 Å². The van der Waals surface area contributed by atoms with Crippen LogP contribution in [0.25, 0.3) is 0 Å². The summed E-state index contributed by atoms with van der Waals surface area (Å²) in [6.45, 7) is 0.0605. The van der Waals surface area contributed by atoms with Crippen molar-refractivity contribution in [3.8, 4) is 0 Å². The Morgan fingerprint density at radius 3 is 1.97 bits per heavy atom. The quantitative estimate of drug-likeness (QED) is 0.414. The Bertz CT molecular complexity index is 1110. The fourth-order valence-corrected chi connectivity index (χ4v) is 3.57. The van der Waals surface area contributed by atoms with Gasteiger partial charge in [0.15, 0.2) is 0 Å². The van der Waals surface area contributed by atoms with E-state index in [0.29, 0.717) is 5.02 Å². The molecule has 34 heavy (non-hydrogen) atoms. The highest BCUT2D eigenvalue weighted by molar-refractivity contribution is 6.30. The van der Waals surface area contributed by atoms with E-state index in [-0.39, 0.29) is 19.4 Å². The normalized spacial score (nSPS) is 12.3. The van der Waals surface area contributed by atoms with Crippen LogP contribution in [-0.2, 0) is 33.8 Å². The van der Waals surface area contributed by atoms with E-state index >= 15 is 0 Å². The number of hydrogen-bond acceptors (Lipinski definition) is 4. The molecule has 8 heteroatoms. The Hall–Kier alpha value is -3.84. The van der Waals surface area contributed by atoms with E-state index in [1.807, 2.05) is 60.7 Å². The van der Waals surface area contributed by atoms with Crippen molar-refractivity contribution in [3.63, 3.8) is 0 Å². The third-order valence-corrected chi connectivity index (χ3v) is 5.33. The minimum absolute atomic E-state index is 0.0605. The van der Waals surface area contributed by atoms with Gasteiger partial charge in [-0.3, -0.25) is 9.59 Å². The first kappa shape index (κ1) is 24.8. The molecule has 3 rings (SSSR count). The van der Waals surface area contributed by atoms with Crippen LogP contribution in [0.5, 0.6) is 0 Å². The summed E-state index contributed by atoms with van der Waals surface area (Å²) in [6.07, 6.45) is -0.376. The van der Waals surface area contributed by atoms with Crippen molar-refractivity contribution >= 4 is 29.5 Å². The van der Waals surface area contributed by atoms with E-state index in [2.05, 4.69) is 10.6 Å². The van der Waals surface area contributed by atoms with Gasteiger partial charge in [-0.1, -0.05) is 84.4 Å². The summed E-state index contributed by atoms with van der Waals surface area (Å²) < 4.78 is 5.27. The topological polar surface area (TPSA) is 111 Å². The molecule has 0 spiro atoms. The van der Waals surface area contributed by atoms with E-state index in [4.69, 9.17) is 22.1 Å². The number of halogens is 1. The summed E-state index contributed by atoms with van der Waals surface area (Å²) in [4.78, 5) is 37.6. The summed E-state index contributed by atoms with van der Waals surface area (Å²) in [6, 6.07) is 23.4. The van der Waals surface area contributed by atoms with Crippen LogP contribution >= 0.6 is 11.6 Å². The van der Waals surface area contributed by atoms with Gasteiger partial charge in [0.25, 0.3) is 0 Å². The molecular weight excluding hydrogens is 454 g/mol. The minimum Gasteiger partial charge on any atom is -0.445 e. The van der Waals surface area contributed by atoms with Gasteiger partial charge in [-0.2, -0.15) is 0 Å². The number of rotatable bonds is 10. The molecule has 0 fully saturated rings. The Morgan fingerprint density at radius 2 is 1.35 bits per heavy atom. The van der Waals surface area contributed by atoms with E-state index in [9.17, 15) is 14.4 Å². The number of benzene rings is 3. The SMILES string of the molecule is NC(=O)[C@@H](Cc1cccc(Cl)c1)NC(=O)[C@H](Cc1ccccc1)NC(=O)OCc1ccccc1. The van der Waals surface area contributed by atoms with Crippen molar-refractivity contribution in [2.24, 2.45) is 5.73 Å². The van der Waals surface area contributed by atoms with Gasteiger partial charge < -0.3 is 21.1 Å². The molecule has 0 heterocycles. The van der Waals surface area contributed by atoms with E-state index in [1.165, 1.54) is 0 Å². The van der Waals surface area contributed by atoms with Crippen molar-refractivity contribution in [1.82, 2.24) is 10.6 Å². The standard InChI is InChI=1S/C26H26ClN3O4/c27-21-13-7-12-20(14-21)16-22(24(28)31)29-25(32)23(15-18-8-3-1-4-9-18)30-26(33)34-17-19-10-5-2-6-11-19/h1-14,22-23H,15-17H2,(H2,28,31)(H,29,32)(H,30,33)/t22-,23+/m1/s1. The molecule has 3 aromatic rings. The number of carbonyl (C=O) groups excluding carboxylic acids is 3. The molecular formula is C26H26ClN3O4. The molecule has 0 aliphatic rings. The van der Waals surface area contributed by atoms with Crippen LogP contribution in [0.15, 0.2) is 84.9 Å². The third kappa shape index (κ3) is 7.94. The minimum atomic E-state index is -0.980. The lowest BCUT2D eigenvalue weighted by molar-refractivity contribution is -0.128. The second-order valence-corrected chi connectivity index (χ2v) is 8.18. The number of amides is 3. The molecule has 0 saturated heterocycles. The van der Waals surface area contributed by atoms with Crippen LogP contribution in [0.1, 0.15) is 16.7 Å². The van der Waals surface area contributed by atoms with Gasteiger partial charge in [0.05, 0.1) is 0 Å². The second kappa shape index (κ2) is 12.4. The molecule has 0 bridgehead atoms. The van der Waals surface area contributed by atoms with Crippen LogP contribution in [-0.4, -0.2) is 30.0 Å². The molecule has 4 N–H and O–H groups in total. The lowest BCUT2D eigenvalue weighted by Gasteiger charge is -2.22. The monoisotopic (exact) mass is 479 g/mol. The van der Waals surface area contributed by atoms with E-state index in [0.717, 1.165) is 16.7 Å². The van der Waals surface area contributed by atoms with Gasteiger partial charge in [0, 0.05) is 17.9 Å². The van der Waals surface area contributed by atoms with Gasteiger partial charge in [-0.15, -0.1) is 0 Å². The number of primary amides is 1. The first-order valence-electron chi connectivity index (χ1n) is 10.8. The fourth-order valence-electron chi connectivity index (χ4n) is 3.36. The second-order valence-electron chi connectivity index (χ2n) is 7.75. The average Bonchev–Trinajstić information content (AvgIpc) is 2.83. The number of nitrogens with two attached hydrogens (primary N) is 1. The summed E-state index contributed by atoms with van der Waals surface area (Å²) in [7, 11) is 0. The largest absolute Gasteiger partial charge is 0.445 e. The maximum absolute atomic E-state index is 13.1. The van der Waals surface area contributed by atoms with Crippen molar-refractivity contribution in [2.45, 2.75) is 31.5 Å². The maximum Gasteiger partial charge on any atom is 0.408 e. The van der Waals surface area contributed by atoms with Crippen molar-refractivity contribution in [3.05, 3.63) is 107 Å². The number of nitrogens with one attached hydrogen (secondary N) is 2. The molecule has 0 radical (unpaired) electrons. The molecule has 3 amide bonds. The highest BCUT2D eigenvalue weighted by Gasteiger charge is 2.26. The zero-order valence-electron chi connectivity index (χ0n) is 18.4. The predicted octanol–water partition coefficient (Wildman–Crippen LogP) is 3.39. The highest BCUT2D eigenvalue weighted by atomic mass is 35.5. The Morgan fingerprint density at radius 1 is 0.765 bits per heavy atom. The zero-order chi connectivity index (χ0) is 24.3. The lowest BCUT2D eigenvalue weighted by Crippen LogP contribution is -2.54. The molecule has 0 aromatic heterocycles. The number of ether oxygens (including phenoxy) is 1. The van der Waals surface area contributed by atoms with Crippen LogP contribution in [0.3, 0.4) is 0 Å². The average molecular weight is 480 g/mol. The van der Waals surface area contributed by atoms with Gasteiger partial charge in [-0.05, 0) is 28.8 Å². The van der Waals surface area contributed by atoms with E-state index < -0.39 is 30.0 Å². The van der Waals surface area contributed by atoms with Gasteiger partial charge >= 0.3 is 6.09 Å². The van der Waals surface area contributed by atoms with Gasteiger partial charge in [0.1, 0.15) is 18.7 Å². The van der Waals surface area contributed by atoms with Crippen molar-refractivity contribution in [2.75, 3.05) is 0 Å². The Labute approximate surface area is 203 Å². The molecule has 0 saturated carbocycles. The van der Waals surface area contributed by atoms with Gasteiger partial charge in [0.2, 0.25) is 11.8 Å². The van der Waals surface area contributed by atoms with E-state index in [1.54, 1.807) is 24.3 Å². The maximum atomic E-state index is 13.1. The number of alkyl carbamates (subject to hydrolysis) is 1. The van der Waals surface area contributed by atoms with Crippen LogP contribution < -0.4 is 16.4 Å². The van der Waals surface area contributed by atoms with Crippen molar-refractivity contribution in [1.29, 1.82) is 0 Å². The number of carbonyl (C=O) groups is 3. The predicted molar refractivity (Wildman–Crippen MR) is 130 cm³/mol. The summed E-state index contributed by atoms with van der Waals surface area (Å²) in [5.74, 6) is -1.25. The highest BCUT2D eigenvalue weighted by Crippen LogP contribution is 2.13. The fraction of sp³-hybridized carbons (Fsp3) is 0.192. The molecule has 3 aromatic carbocycles. The Kier molecular flexibility index (Phi) is 9.05. The molecule has 176 valence electrons. The molecule has 0 unspecified atom stereocenters. The van der Waals surface area contributed by atoms with Crippen LogP contribution in [0.4, 0.5) is 4.79 Å². The smallest absolute Gasteiger partial charge is 0.408 e. The lowest BCUT2D eigenvalue weighted by atomic mass is 10.0. The van der Waals surface area contributed by atoms with Crippen LogP contribution in [0, 0.1) is 0 Å². The van der Waals surface area contributed by atoms with Crippen molar-refractivity contribution < 1.29 is 19.1 Å². The summed E-state index contributed by atoms with van der Waals surface area (Å²) >= 11 is 6.02. The molecule has 0 aliphatic heterocycles. The third-order valence-electron chi connectivity index (χ3n) is 5.09. The summed E-state index contributed by atoms with van der Waals surface area (Å²) in [5, 5.41) is 5.77. The zero-order valence-corrected chi connectivity index (χ0v) is 19.2. The molecule has 2 atom stereocenters. The number of hydrogen-bond donors (Lipinski definition) is 3. The van der Waals surface area contributed by atoms with Crippen LogP contribution in [0.2, 0.25) is 5.02 Å². The first-order valence-corrected chi connectivity index (χ1v) is 11.1. The molecule has 0 aliphatic carbocycles. The summed E-state index contributed by atoms with van der Waals surface area (Å²) in [5.41, 5.74) is 7.93. The Balaban J connectivity index is 1.69. The first-order chi connectivity index (χ1) is 16.4. The molecule has 7 nitrogen and oxygen atoms in total.